The van der Waals surface area contributed by atoms with Crippen LogP contribution in [0.5, 0.6) is 5.75 Å². The molecule has 1 aromatic heterocycles. The van der Waals surface area contributed by atoms with Crippen LogP contribution in [0.15, 0.2) is 85.1 Å². The SMILES string of the molecule is N[C@@H](Cc1c[nH]c2ccccc12)C(=O)NCCc1cccc(OCc2ccccc2)c1. The zero-order valence-corrected chi connectivity index (χ0v) is 17.4. The van der Waals surface area contributed by atoms with E-state index >= 15 is 0 Å². The van der Waals surface area contributed by atoms with Crippen molar-refractivity contribution >= 4 is 16.8 Å². The molecule has 0 unspecified atom stereocenters. The van der Waals surface area contributed by atoms with Gasteiger partial charge in [-0.05, 0) is 47.7 Å². The largest absolute Gasteiger partial charge is 0.489 e. The quantitative estimate of drug-likeness (QED) is 0.388. The predicted octanol–water partition coefficient (Wildman–Crippen LogP) is 3.98. The van der Waals surface area contributed by atoms with E-state index in [0.29, 0.717) is 26.0 Å². The van der Waals surface area contributed by atoms with Gasteiger partial charge < -0.3 is 20.8 Å². The van der Waals surface area contributed by atoms with Crippen LogP contribution in [0.3, 0.4) is 0 Å². The standard InChI is InChI=1S/C26H27N3O2/c27-24(16-21-17-29-25-12-5-4-11-23(21)25)26(30)28-14-13-19-9-6-10-22(15-19)31-18-20-7-2-1-3-8-20/h1-12,15,17,24,29H,13-14,16,18,27H2,(H,28,30)/t24-/m0/s1. The number of hydrogen-bond acceptors (Lipinski definition) is 3. The van der Waals surface area contributed by atoms with Crippen molar-refractivity contribution in [2.45, 2.75) is 25.5 Å². The van der Waals surface area contributed by atoms with Crippen molar-refractivity contribution < 1.29 is 9.53 Å². The molecule has 1 atom stereocenters. The molecule has 4 aromatic rings. The minimum Gasteiger partial charge on any atom is -0.489 e. The zero-order chi connectivity index (χ0) is 21.5. The molecule has 0 spiro atoms. The van der Waals surface area contributed by atoms with Crippen LogP contribution < -0.4 is 15.8 Å². The van der Waals surface area contributed by atoms with Crippen LogP contribution in [0.25, 0.3) is 10.9 Å². The van der Waals surface area contributed by atoms with Crippen LogP contribution in [0.4, 0.5) is 0 Å². The van der Waals surface area contributed by atoms with Crippen LogP contribution >= 0.6 is 0 Å². The number of aromatic amines is 1. The number of aromatic nitrogens is 1. The molecule has 0 aliphatic heterocycles. The van der Waals surface area contributed by atoms with Gasteiger partial charge in [0.25, 0.3) is 0 Å². The fourth-order valence-electron chi connectivity index (χ4n) is 3.62. The molecule has 0 aliphatic rings. The Kier molecular flexibility index (Phi) is 6.65. The number of H-pyrrole nitrogens is 1. The smallest absolute Gasteiger partial charge is 0.237 e. The van der Waals surface area contributed by atoms with Gasteiger partial charge >= 0.3 is 0 Å². The average molecular weight is 414 g/mol. The van der Waals surface area contributed by atoms with Crippen molar-refractivity contribution in [3.8, 4) is 5.75 Å². The summed E-state index contributed by atoms with van der Waals surface area (Å²) in [6.45, 7) is 1.06. The molecular weight excluding hydrogens is 386 g/mol. The van der Waals surface area contributed by atoms with Crippen LogP contribution in [-0.4, -0.2) is 23.5 Å². The molecule has 5 heteroatoms. The van der Waals surface area contributed by atoms with E-state index in [9.17, 15) is 4.79 Å². The Morgan fingerprint density at radius 3 is 2.61 bits per heavy atom. The molecule has 3 aromatic carbocycles. The molecular formula is C26H27N3O2. The number of carbonyl (C=O) groups is 1. The third kappa shape index (κ3) is 5.53. The van der Waals surface area contributed by atoms with E-state index in [1.54, 1.807) is 0 Å². The van der Waals surface area contributed by atoms with Gasteiger partial charge in [0.2, 0.25) is 5.91 Å². The molecule has 158 valence electrons. The maximum Gasteiger partial charge on any atom is 0.237 e. The fourth-order valence-corrected chi connectivity index (χ4v) is 3.62. The number of nitrogens with two attached hydrogens (primary N) is 1. The van der Waals surface area contributed by atoms with Gasteiger partial charge in [-0.2, -0.15) is 0 Å². The summed E-state index contributed by atoms with van der Waals surface area (Å²) >= 11 is 0. The Balaban J connectivity index is 1.25. The molecule has 5 nitrogen and oxygen atoms in total. The summed E-state index contributed by atoms with van der Waals surface area (Å²) in [6, 6.07) is 25.5. The highest BCUT2D eigenvalue weighted by atomic mass is 16.5. The van der Waals surface area contributed by atoms with E-state index in [1.807, 2.05) is 85.1 Å². The van der Waals surface area contributed by atoms with Crippen LogP contribution in [0.1, 0.15) is 16.7 Å². The van der Waals surface area contributed by atoms with Gasteiger partial charge in [-0.15, -0.1) is 0 Å². The Morgan fingerprint density at radius 1 is 0.968 bits per heavy atom. The van der Waals surface area contributed by atoms with Crippen LogP contribution in [0, 0.1) is 0 Å². The van der Waals surface area contributed by atoms with E-state index in [1.165, 1.54) is 0 Å². The Morgan fingerprint density at radius 2 is 1.74 bits per heavy atom. The summed E-state index contributed by atoms with van der Waals surface area (Å²) in [5.41, 5.74) is 10.5. The molecule has 0 radical (unpaired) electrons. The van der Waals surface area contributed by atoms with Crippen molar-refractivity contribution in [3.63, 3.8) is 0 Å². The maximum absolute atomic E-state index is 12.5. The number of rotatable bonds is 9. The van der Waals surface area contributed by atoms with Gasteiger partial charge in [-0.25, -0.2) is 0 Å². The first-order valence-corrected chi connectivity index (χ1v) is 10.5. The molecule has 0 fully saturated rings. The molecule has 31 heavy (non-hydrogen) atoms. The number of nitrogens with one attached hydrogen (secondary N) is 2. The normalized spacial score (nSPS) is 11.9. The minimum absolute atomic E-state index is 0.137. The first-order chi connectivity index (χ1) is 15.2. The first-order valence-electron chi connectivity index (χ1n) is 10.5. The topological polar surface area (TPSA) is 80.1 Å². The van der Waals surface area contributed by atoms with Gasteiger partial charge in [0.15, 0.2) is 0 Å². The monoisotopic (exact) mass is 413 g/mol. The molecule has 0 bridgehead atoms. The lowest BCUT2D eigenvalue weighted by Gasteiger charge is -2.12. The Bertz CT molecular complexity index is 1140. The summed E-state index contributed by atoms with van der Waals surface area (Å²) in [5.74, 6) is 0.686. The molecule has 1 heterocycles. The van der Waals surface area contributed by atoms with E-state index in [-0.39, 0.29) is 5.91 Å². The highest BCUT2D eigenvalue weighted by Crippen LogP contribution is 2.19. The lowest BCUT2D eigenvalue weighted by molar-refractivity contribution is -0.122. The second-order valence-corrected chi connectivity index (χ2v) is 7.63. The van der Waals surface area contributed by atoms with E-state index < -0.39 is 6.04 Å². The van der Waals surface area contributed by atoms with Crippen LogP contribution in [0.2, 0.25) is 0 Å². The fraction of sp³-hybridized carbons (Fsp3) is 0.192. The lowest BCUT2D eigenvalue weighted by atomic mass is 10.0. The number of amides is 1. The molecule has 1 amide bonds. The number of ether oxygens (including phenoxy) is 1. The summed E-state index contributed by atoms with van der Waals surface area (Å²) in [5, 5.41) is 4.06. The van der Waals surface area contributed by atoms with Gasteiger partial charge in [0.05, 0.1) is 6.04 Å². The van der Waals surface area contributed by atoms with Crippen molar-refractivity contribution in [1.29, 1.82) is 0 Å². The molecule has 4 rings (SSSR count). The summed E-state index contributed by atoms with van der Waals surface area (Å²) in [6.07, 6.45) is 3.14. The Labute approximate surface area is 182 Å². The maximum atomic E-state index is 12.5. The Hall–Kier alpha value is -3.57. The first kappa shape index (κ1) is 20.7. The lowest BCUT2D eigenvalue weighted by Crippen LogP contribution is -2.42. The average Bonchev–Trinajstić information content (AvgIpc) is 3.21. The van der Waals surface area contributed by atoms with Gasteiger partial charge in [0, 0.05) is 23.6 Å². The summed E-state index contributed by atoms with van der Waals surface area (Å²) in [4.78, 5) is 15.7. The third-order valence-corrected chi connectivity index (χ3v) is 5.31. The molecule has 0 saturated heterocycles. The van der Waals surface area contributed by atoms with Crippen molar-refractivity contribution in [3.05, 3.63) is 102 Å². The molecule has 4 N–H and O–H groups in total. The minimum atomic E-state index is -0.584. The number of para-hydroxylation sites is 1. The van der Waals surface area contributed by atoms with Crippen molar-refractivity contribution in [2.24, 2.45) is 5.73 Å². The number of benzene rings is 3. The third-order valence-electron chi connectivity index (χ3n) is 5.31. The molecule has 0 saturated carbocycles. The van der Waals surface area contributed by atoms with Crippen molar-refractivity contribution in [1.82, 2.24) is 10.3 Å². The van der Waals surface area contributed by atoms with Gasteiger partial charge in [-0.3, -0.25) is 4.79 Å². The highest BCUT2D eigenvalue weighted by molar-refractivity contribution is 5.86. The van der Waals surface area contributed by atoms with Crippen LogP contribution in [-0.2, 0) is 24.2 Å². The summed E-state index contributed by atoms with van der Waals surface area (Å²) < 4.78 is 5.88. The van der Waals surface area contributed by atoms with E-state index in [2.05, 4.69) is 10.3 Å². The predicted molar refractivity (Wildman–Crippen MR) is 124 cm³/mol. The van der Waals surface area contributed by atoms with Gasteiger partial charge in [-0.1, -0.05) is 60.7 Å². The zero-order valence-electron chi connectivity index (χ0n) is 17.4. The highest BCUT2D eigenvalue weighted by Gasteiger charge is 2.15. The second-order valence-electron chi connectivity index (χ2n) is 7.63. The number of carbonyl (C=O) groups excluding carboxylic acids is 1. The van der Waals surface area contributed by atoms with E-state index in [4.69, 9.17) is 10.5 Å². The summed E-state index contributed by atoms with van der Waals surface area (Å²) in [7, 11) is 0. The number of fused-ring (bicyclic) bond motifs is 1. The van der Waals surface area contributed by atoms with Gasteiger partial charge in [0.1, 0.15) is 12.4 Å². The number of hydrogen-bond donors (Lipinski definition) is 3. The second kappa shape index (κ2) is 9.96. The van der Waals surface area contributed by atoms with E-state index in [0.717, 1.165) is 33.3 Å². The molecule has 0 aliphatic carbocycles. The van der Waals surface area contributed by atoms with Crippen molar-refractivity contribution in [2.75, 3.05) is 6.54 Å².